The number of aryl methyl sites for hydroxylation is 1. The third-order valence-corrected chi connectivity index (χ3v) is 6.26. The minimum absolute atomic E-state index is 0.0618. The van der Waals surface area contributed by atoms with Crippen LogP contribution in [-0.2, 0) is 5.41 Å². The first kappa shape index (κ1) is 18.7. The van der Waals surface area contributed by atoms with Gasteiger partial charge in [-0.3, -0.25) is 9.59 Å². The van der Waals surface area contributed by atoms with Crippen LogP contribution in [0.15, 0.2) is 70.5 Å². The van der Waals surface area contributed by atoms with Gasteiger partial charge in [0.1, 0.15) is 0 Å². The third kappa shape index (κ3) is 3.10. The summed E-state index contributed by atoms with van der Waals surface area (Å²) in [5, 5.41) is 0. The lowest BCUT2D eigenvalue weighted by molar-refractivity contribution is 0.0976. The van der Waals surface area contributed by atoms with Gasteiger partial charge in [-0.2, -0.15) is 0 Å². The van der Waals surface area contributed by atoms with Crippen molar-refractivity contribution in [2.24, 2.45) is 0 Å². The van der Waals surface area contributed by atoms with E-state index in [4.69, 9.17) is 0 Å². The van der Waals surface area contributed by atoms with Crippen LogP contribution < -0.4 is 0 Å². The third-order valence-electron chi connectivity index (χ3n) is 5.19. The van der Waals surface area contributed by atoms with Gasteiger partial charge < -0.3 is 0 Å². The second-order valence-corrected chi connectivity index (χ2v) is 9.33. The van der Waals surface area contributed by atoms with Gasteiger partial charge in [0.05, 0.1) is 0 Å². The summed E-state index contributed by atoms with van der Waals surface area (Å²) in [4.78, 5) is 28.2. The van der Waals surface area contributed by atoms with E-state index in [2.05, 4.69) is 45.0 Å². The van der Waals surface area contributed by atoms with E-state index in [-0.39, 0.29) is 17.0 Å². The number of hydrogen-bond donors (Lipinski definition) is 0. The van der Waals surface area contributed by atoms with Crippen molar-refractivity contribution in [2.45, 2.75) is 42.9 Å². The van der Waals surface area contributed by atoms with Crippen LogP contribution in [-0.4, -0.2) is 11.6 Å². The van der Waals surface area contributed by atoms with E-state index in [1.807, 2.05) is 25.1 Å². The monoisotopic (exact) mass is 386 g/mol. The standard InChI is InChI=1S/C25H22O2S/c1-15-9-14-20(28-17-12-10-16(11-13-17)25(2,3)4)22-21(15)23(26)18-7-5-6-8-19(18)24(22)27/h5-14H,1-4H3. The van der Waals surface area contributed by atoms with Gasteiger partial charge in [-0.1, -0.05) is 75.0 Å². The van der Waals surface area contributed by atoms with E-state index in [0.717, 1.165) is 15.4 Å². The lowest BCUT2D eigenvalue weighted by Crippen LogP contribution is -2.22. The van der Waals surface area contributed by atoms with Gasteiger partial charge in [0.25, 0.3) is 0 Å². The number of fused-ring (bicyclic) bond motifs is 2. The van der Waals surface area contributed by atoms with Crippen molar-refractivity contribution in [3.05, 3.63) is 94.0 Å². The minimum atomic E-state index is -0.0669. The zero-order valence-electron chi connectivity index (χ0n) is 16.5. The lowest BCUT2D eigenvalue weighted by atomic mass is 9.82. The normalized spacial score (nSPS) is 13.3. The molecular weight excluding hydrogens is 364 g/mol. The molecular formula is C25H22O2S. The highest BCUT2D eigenvalue weighted by molar-refractivity contribution is 7.99. The second-order valence-electron chi connectivity index (χ2n) is 8.21. The minimum Gasteiger partial charge on any atom is -0.289 e. The van der Waals surface area contributed by atoms with Crippen molar-refractivity contribution in [3.63, 3.8) is 0 Å². The summed E-state index contributed by atoms with van der Waals surface area (Å²) < 4.78 is 0. The van der Waals surface area contributed by atoms with Crippen LogP contribution in [0.1, 0.15) is 63.7 Å². The van der Waals surface area contributed by atoms with Crippen molar-refractivity contribution < 1.29 is 9.59 Å². The van der Waals surface area contributed by atoms with Gasteiger partial charge in [-0.15, -0.1) is 0 Å². The first-order valence-electron chi connectivity index (χ1n) is 9.38. The van der Waals surface area contributed by atoms with Gasteiger partial charge in [0, 0.05) is 32.0 Å². The molecule has 2 nitrogen and oxygen atoms in total. The van der Waals surface area contributed by atoms with Crippen molar-refractivity contribution in [3.8, 4) is 0 Å². The molecule has 0 amide bonds. The van der Waals surface area contributed by atoms with Crippen molar-refractivity contribution in [1.82, 2.24) is 0 Å². The van der Waals surface area contributed by atoms with Gasteiger partial charge in [-0.25, -0.2) is 0 Å². The Labute approximate surface area is 170 Å². The highest BCUT2D eigenvalue weighted by Crippen LogP contribution is 2.39. The highest BCUT2D eigenvalue weighted by Gasteiger charge is 2.32. The summed E-state index contributed by atoms with van der Waals surface area (Å²) in [6.45, 7) is 8.46. The Balaban J connectivity index is 1.79. The fraction of sp³-hybridized carbons (Fsp3) is 0.200. The lowest BCUT2D eigenvalue weighted by Gasteiger charge is -2.22. The summed E-state index contributed by atoms with van der Waals surface area (Å²) in [6, 6.07) is 19.4. The molecule has 3 aromatic carbocycles. The fourth-order valence-corrected chi connectivity index (χ4v) is 4.55. The molecule has 0 bridgehead atoms. The van der Waals surface area contributed by atoms with Crippen molar-refractivity contribution >= 4 is 23.3 Å². The number of benzene rings is 3. The molecule has 0 aromatic heterocycles. The smallest absolute Gasteiger partial charge is 0.195 e. The van der Waals surface area contributed by atoms with E-state index in [1.165, 1.54) is 17.3 Å². The fourth-order valence-electron chi connectivity index (χ4n) is 3.59. The summed E-state index contributed by atoms with van der Waals surface area (Å²) in [6.07, 6.45) is 0. The molecule has 140 valence electrons. The molecule has 0 N–H and O–H groups in total. The maximum Gasteiger partial charge on any atom is 0.195 e. The molecule has 0 saturated heterocycles. The van der Waals surface area contributed by atoms with Crippen LogP contribution in [0.4, 0.5) is 0 Å². The Morgan fingerprint density at radius 1 is 0.714 bits per heavy atom. The summed E-state index contributed by atoms with van der Waals surface area (Å²) >= 11 is 1.54. The topological polar surface area (TPSA) is 34.1 Å². The molecule has 0 saturated carbocycles. The Morgan fingerprint density at radius 2 is 1.29 bits per heavy atom. The summed E-state index contributed by atoms with van der Waals surface area (Å²) in [7, 11) is 0. The average Bonchev–Trinajstić information content (AvgIpc) is 2.67. The molecule has 3 heteroatoms. The van der Waals surface area contributed by atoms with Crippen LogP contribution in [0.5, 0.6) is 0 Å². The molecule has 0 heterocycles. The first-order chi connectivity index (χ1) is 13.3. The molecule has 0 radical (unpaired) electrons. The number of ketones is 2. The molecule has 4 rings (SSSR count). The quantitative estimate of drug-likeness (QED) is 0.410. The largest absolute Gasteiger partial charge is 0.289 e. The SMILES string of the molecule is Cc1ccc(Sc2ccc(C(C)(C)C)cc2)c2c1C(=O)c1ccccc1C2=O. The molecule has 0 atom stereocenters. The van der Waals surface area contributed by atoms with Crippen molar-refractivity contribution in [2.75, 3.05) is 0 Å². The van der Waals surface area contributed by atoms with Crippen LogP contribution in [0.25, 0.3) is 0 Å². The number of carbonyl (C=O) groups excluding carboxylic acids is 2. The second kappa shape index (κ2) is 6.75. The van der Waals surface area contributed by atoms with E-state index < -0.39 is 0 Å². The Morgan fingerprint density at radius 3 is 1.86 bits per heavy atom. The van der Waals surface area contributed by atoms with Crippen LogP contribution >= 0.6 is 11.8 Å². The number of rotatable bonds is 2. The molecule has 0 fully saturated rings. The van der Waals surface area contributed by atoms with Crippen LogP contribution in [0, 0.1) is 6.92 Å². The molecule has 1 aliphatic carbocycles. The predicted molar refractivity (Wildman–Crippen MR) is 114 cm³/mol. The van der Waals surface area contributed by atoms with E-state index >= 15 is 0 Å². The molecule has 0 spiro atoms. The summed E-state index contributed by atoms with van der Waals surface area (Å²) in [5.41, 5.74) is 4.28. The molecule has 28 heavy (non-hydrogen) atoms. The maximum atomic E-state index is 13.2. The molecule has 3 aromatic rings. The van der Waals surface area contributed by atoms with Crippen LogP contribution in [0.2, 0.25) is 0 Å². The van der Waals surface area contributed by atoms with Crippen LogP contribution in [0.3, 0.4) is 0 Å². The van der Waals surface area contributed by atoms with E-state index in [9.17, 15) is 9.59 Å². The Bertz CT molecular complexity index is 1100. The van der Waals surface area contributed by atoms with Gasteiger partial charge >= 0.3 is 0 Å². The Hall–Kier alpha value is -2.65. The number of carbonyl (C=O) groups is 2. The molecule has 0 aliphatic heterocycles. The van der Waals surface area contributed by atoms with E-state index in [1.54, 1.807) is 18.2 Å². The number of hydrogen-bond acceptors (Lipinski definition) is 3. The maximum absolute atomic E-state index is 13.2. The van der Waals surface area contributed by atoms with Gasteiger partial charge in [0.2, 0.25) is 0 Å². The molecule has 0 unspecified atom stereocenters. The predicted octanol–water partition coefficient (Wildman–Crippen LogP) is 6.22. The highest BCUT2D eigenvalue weighted by atomic mass is 32.2. The first-order valence-corrected chi connectivity index (χ1v) is 10.2. The Kier molecular flexibility index (Phi) is 4.51. The zero-order chi connectivity index (χ0) is 20.1. The zero-order valence-corrected chi connectivity index (χ0v) is 17.3. The average molecular weight is 387 g/mol. The van der Waals surface area contributed by atoms with Gasteiger partial charge in [0.15, 0.2) is 11.6 Å². The van der Waals surface area contributed by atoms with E-state index in [0.29, 0.717) is 22.3 Å². The summed E-state index contributed by atoms with van der Waals surface area (Å²) in [5.74, 6) is -0.129. The van der Waals surface area contributed by atoms with Crippen molar-refractivity contribution in [1.29, 1.82) is 0 Å². The molecule has 1 aliphatic rings. The van der Waals surface area contributed by atoms with Gasteiger partial charge in [-0.05, 0) is 41.7 Å².